The fraction of sp³-hybridized carbons (Fsp3) is 0.217. The third-order valence-corrected chi connectivity index (χ3v) is 4.25. The number of aliphatic imine (C=N–C) groups is 1. The summed E-state index contributed by atoms with van der Waals surface area (Å²) in [5, 5.41) is 6.40. The minimum Gasteiger partial charge on any atom is -0.497 e. The number of benzene rings is 2. The third kappa shape index (κ3) is 7.88. The first kappa shape index (κ1) is 25.2. The number of nitrogens with one attached hydrogen (secondary N) is 2. The lowest BCUT2D eigenvalue weighted by molar-refractivity contribution is 0.321. The molecule has 0 aliphatic rings. The number of aromatic nitrogens is 1. The van der Waals surface area contributed by atoms with E-state index in [1.165, 1.54) is 12.1 Å². The van der Waals surface area contributed by atoms with Crippen LogP contribution >= 0.6 is 24.0 Å². The number of ether oxygens (including phenoxy) is 3. The van der Waals surface area contributed by atoms with Gasteiger partial charge in [0.05, 0.1) is 13.7 Å². The fourth-order valence-corrected chi connectivity index (χ4v) is 2.70. The van der Waals surface area contributed by atoms with Crippen LogP contribution < -0.4 is 24.8 Å². The lowest BCUT2D eigenvalue weighted by Crippen LogP contribution is -2.38. The third-order valence-electron chi connectivity index (χ3n) is 4.25. The van der Waals surface area contributed by atoms with Crippen LogP contribution in [0, 0.1) is 5.82 Å². The van der Waals surface area contributed by atoms with Crippen molar-refractivity contribution in [2.75, 3.05) is 27.3 Å². The van der Waals surface area contributed by atoms with Crippen molar-refractivity contribution in [3.63, 3.8) is 0 Å². The summed E-state index contributed by atoms with van der Waals surface area (Å²) in [7, 11) is 3.31. The van der Waals surface area contributed by atoms with Gasteiger partial charge in [0.2, 0.25) is 5.88 Å². The molecule has 0 radical (unpaired) electrons. The lowest BCUT2D eigenvalue weighted by atomic mass is 10.2. The Morgan fingerprint density at radius 1 is 1.00 bits per heavy atom. The van der Waals surface area contributed by atoms with Gasteiger partial charge in [-0.1, -0.05) is 12.1 Å². The maximum atomic E-state index is 13.4. The van der Waals surface area contributed by atoms with Gasteiger partial charge in [0.25, 0.3) is 0 Å². The number of hydrogen-bond acceptors (Lipinski definition) is 5. The monoisotopic (exact) mass is 552 g/mol. The Labute approximate surface area is 204 Å². The van der Waals surface area contributed by atoms with E-state index in [0.29, 0.717) is 37.3 Å². The van der Waals surface area contributed by atoms with Crippen molar-refractivity contribution >= 4 is 29.9 Å². The number of hydrogen-bond donors (Lipinski definition) is 2. The standard InChI is InChI=1S/C23H25FN4O3.HI/c1-25-23(27-13-14-30-20-10-8-19(29-2)9-11-20)28-16-17-5-4-12-26-22(17)31-21-7-3-6-18(24)15-21;/h3-12,15H,13-14,16H2,1-2H3,(H2,25,27,28);1H. The first-order chi connectivity index (χ1) is 15.2. The molecule has 0 fully saturated rings. The summed E-state index contributed by atoms with van der Waals surface area (Å²) in [6.07, 6.45) is 1.63. The Morgan fingerprint density at radius 3 is 2.50 bits per heavy atom. The molecule has 1 heterocycles. The van der Waals surface area contributed by atoms with Crippen molar-refractivity contribution in [1.82, 2.24) is 15.6 Å². The summed E-state index contributed by atoms with van der Waals surface area (Å²) >= 11 is 0. The van der Waals surface area contributed by atoms with Crippen molar-refractivity contribution in [1.29, 1.82) is 0 Å². The van der Waals surface area contributed by atoms with Crippen molar-refractivity contribution in [3.8, 4) is 23.1 Å². The van der Waals surface area contributed by atoms with Gasteiger partial charge in [-0.15, -0.1) is 24.0 Å². The average Bonchev–Trinajstić information content (AvgIpc) is 2.80. The van der Waals surface area contributed by atoms with Gasteiger partial charge in [-0.3, -0.25) is 4.99 Å². The van der Waals surface area contributed by atoms with E-state index in [1.54, 1.807) is 32.5 Å². The molecule has 0 unspecified atom stereocenters. The zero-order chi connectivity index (χ0) is 21.9. The molecule has 0 aliphatic carbocycles. The summed E-state index contributed by atoms with van der Waals surface area (Å²) in [5.74, 6) is 2.58. The van der Waals surface area contributed by atoms with E-state index in [-0.39, 0.29) is 29.8 Å². The number of nitrogens with zero attached hydrogens (tertiary/aromatic N) is 2. The number of halogens is 2. The van der Waals surface area contributed by atoms with Crippen LogP contribution in [-0.2, 0) is 6.54 Å². The molecular weight excluding hydrogens is 526 g/mol. The van der Waals surface area contributed by atoms with Crippen LogP contribution in [0.4, 0.5) is 4.39 Å². The summed E-state index contributed by atoms with van der Waals surface area (Å²) in [5.41, 5.74) is 0.809. The van der Waals surface area contributed by atoms with Crippen LogP contribution in [0.2, 0.25) is 0 Å². The molecule has 7 nitrogen and oxygen atoms in total. The summed E-state index contributed by atoms with van der Waals surface area (Å²) < 4.78 is 30.0. The molecule has 0 aliphatic heterocycles. The molecule has 2 aromatic carbocycles. The molecule has 32 heavy (non-hydrogen) atoms. The van der Waals surface area contributed by atoms with E-state index in [0.717, 1.165) is 17.1 Å². The predicted octanol–water partition coefficient (Wildman–Crippen LogP) is 4.38. The number of guanidine groups is 1. The van der Waals surface area contributed by atoms with E-state index in [1.807, 2.05) is 36.4 Å². The highest BCUT2D eigenvalue weighted by atomic mass is 127. The molecule has 0 spiro atoms. The Bertz CT molecular complexity index is 1000. The molecule has 0 saturated heterocycles. The first-order valence-corrected chi connectivity index (χ1v) is 9.76. The zero-order valence-electron chi connectivity index (χ0n) is 17.9. The molecule has 0 amide bonds. The molecule has 0 saturated carbocycles. The van der Waals surface area contributed by atoms with Crippen LogP contribution in [0.3, 0.4) is 0 Å². The van der Waals surface area contributed by atoms with E-state index in [4.69, 9.17) is 14.2 Å². The van der Waals surface area contributed by atoms with Crippen molar-refractivity contribution in [2.24, 2.45) is 4.99 Å². The highest BCUT2D eigenvalue weighted by Gasteiger charge is 2.08. The number of methoxy groups -OCH3 is 1. The minimum absolute atomic E-state index is 0. The predicted molar refractivity (Wildman–Crippen MR) is 133 cm³/mol. The SMILES string of the molecule is CN=C(NCCOc1ccc(OC)cc1)NCc1cccnc1Oc1cccc(F)c1.I. The van der Waals surface area contributed by atoms with Crippen molar-refractivity contribution in [3.05, 3.63) is 78.2 Å². The molecule has 0 bridgehead atoms. The molecule has 2 N–H and O–H groups in total. The maximum Gasteiger partial charge on any atom is 0.224 e. The topological polar surface area (TPSA) is 77.0 Å². The van der Waals surface area contributed by atoms with Gasteiger partial charge in [0.15, 0.2) is 5.96 Å². The number of rotatable bonds is 9. The number of pyridine rings is 1. The summed E-state index contributed by atoms with van der Waals surface area (Å²) in [6, 6.07) is 17.0. The van der Waals surface area contributed by atoms with Crippen LogP contribution in [-0.4, -0.2) is 38.3 Å². The van der Waals surface area contributed by atoms with E-state index in [9.17, 15) is 4.39 Å². The highest BCUT2D eigenvalue weighted by Crippen LogP contribution is 2.23. The molecule has 9 heteroatoms. The van der Waals surface area contributed by atoms with Crippen molar-refractivity contribution in [2.45, 2.75) is 6.54 Å². The largest absolute Gasteiger partial charge is 0.497 e. The fourth-order valence-electron chi connectivity index (χ4n) is 2.70. The van der Waals surface area contributed by atoms with Gasteiger partial charge in [-0.2, -0.15) is 0 Å². The molecular formula is C23H26FIN4O3. The first-order valence-electron chi connectivity index (χ1n) is 9.76. The average molecular weight is 552 g/mol. The Morgan fingerprint density at radius 2 is 1.78 bits per heavy atom. The van der Waals surface area contributed by atoms with Crippen LogP contribution in [0.15, 0.2) is 71.9 Å². The van der Waals surface area contributed by atoms with Crippen LogP contribution in [0.25, 0.3) is 0 Å². The molecule has 170 valence electrons. The van der Waals surface area contributed by atoms with Gasteiger partial charge >= 0.3 is 0 Å². The molecule has 0 atom stereocenters. The lowest BCUT2D eigenvalue weighted by Gasteiger charge is -2.14. The Kier molecular flexibility index (Phi) is 10.5. The van der Waals surface area contributed by atoms with Gasteiger partial charge in [-0.25, -0.2) is 9.37 Å². The Hall–Kier alpha value is -3.08. The van der Waals surface area contributed by atoms with E-state index < -0.39 is 0 Å². The second-order valence-electron chi connectivity index (χ2n) is 6.40. The highest BCUT2D eigenvalue weighted by molar-refractivity contribution is 14.0. The maximum absolute atomic E-state index is 13.4. The van der Waals surface area contributed by atoms with Crippen LogP contribution in [0.5, 0.6) is 23.1 Å². The normalized spacial score (nSPS) is 10.7. The molecule has 3 aromatic rings. The second-order valence-corrected chi connectivity index (χ2v) is 6.40. The van der Waals surface area contributed by atoms with E-state index in [2.05, 4.69) is 20.6 Å². The van der Waals surface area contributed by atoms with Gasteiger partial charge in [0, 0.05) is 31.4 Å². The van der Waals surface area contributed by atoms with Gasteiger partial charge in [-0.05, 0) is 42.5 Å². The van der Waals surface area contributed by atoms with Crippen LogP contribution in [0.1, 0.15) is 5.56 Å². The van der Waals surface area contributed by atoms with Gasteiger partial charge in [0.1, 0.15) is 29.7 Å². The second kappa shape index (κ2) is 13.4. The van der Waals surface area contributed by atoms with E-state index >= 15 is 0 Å². The van der Waals surface area contributed by atoms with Gasteiger partial charge < -0.3 is 24.8 Å². The zero-order valence-corrected chi connectivity index (χ0v) is 20.2. The smallest absolute Gasteiger partial charge is 0.224 e. The Balaban J connectivity index is 0.00000363. The minimum atomic E-state index is -0.366. The van der Waals surface area contributed by atoms with Crippen molar-refractivity contribution < 1.29 is 18.6 Å². The summed E-state index contributed by atoms with van der Waals surface area (Å²) in [4.78, 5) is 8.46. The summed E-state index contributed by atoms with van der Waals surface area (Å²) in [6.45, 7) is 1.46. The quantitative estimate of drug-likeness (QED) is 0.178. The molecule has 3 rings (SSSR count). The molecule has 1 aromatic heterocycles.